The van der Waals surface area contributed by atoms with E-state index in [1.807, 2.05) is 22.1 Å². The van der Waals surface area contributed by atoms with Crippen LogP contribution in [0.3, 0.4) is 0 Å². The maximum atomic E-state index is 11.8. The summed E-state index contributed by atoms with van der Waals surface area (Å²) in [4.78, 5) is 28.5. The topological polar surface area (TPSA) is 113 Å². The minimum Gasteiger partial charge on any atom is -0.507 e. The van der Waals surface area contributed by atoms with Gasteiger partial charge in [0.1, 0.15) is 17.1 Å². The third-order valence-electron chi connectivity index (χ3n) is 4.90. The van der Waals surface area contributed by atoms with Crippen LogP contribution in [-0.4, -0.2) is 36.8 Å². The number of thiophene rings is 1. The standard InChI is InChI=1S/C23H24N2O5S/c1-2-3-6-21-24-13-17(11-16(22(27)28)12-18-5-4-9-31-18)25(21)14-15-7-8-19(23(29)30)20(26)10-15/h4-5,7-11,13,26H,2-3,6,12,14H2,1H3,(H,27,28)(H,29,30). The number of aliphatic carboxylic acids is 1. The molecule has 0 aliphatic heterocycles. The van der Waals surface area contributed by atoms with Gasteiger partial charge in [-0.15, -0.1) is 11.3 Å². The van der Waals surface area contributed by atoms with Crippen LogP contribution >= 0.6 is 11.3 Å². The highest BCUT2D eigenvalue weighted by Gasteiger charge is 2.15. The smallest absolute Gasteiger partial charge is 0.339 e. The third-order valence-corrected chi connectivity index (χ3v) is 5.77. The molecule has 0 unspecified atom stereocenters. The van der Waals surface area contributed by atoms with Crippen molar-refractivity contribution in [1.29, 1.82) is 0 Å². The summed E-state index contributed by atoms with van der Waals surface area (Å²) in [5.74, 6) is -1.67. The number of carboxylic acid groups (broad SMARTS) is 2. The van der Waals surface area contributed by atoms with Gasteiger partial charge in [-0.2, -0.15) is 0 Å². The van der Waals surface area contributed by atoms with Gasteiger partial charge in [0.15, 0.2) is 0 Å². The van der Waals surface area contributed by atoms with Crippen LogP contribution in [0, 0.1) is 0 Å². The number of aromatic hydroxyl groups is 1. The number of unbranched alkanes of at least 4 members (excludes halogenated alkanes) is 1. The van der Waals surface area contributed by atoms with Crippen LogP contribution in [0.4, 0.5) is 0 Å². The molecule has 3 N–H and O–H groups in total. The maximum Gasteiger partial charge on any atom is 0.339 e. The number of nitrogens with zero attached hydrogens (tertiary/aromatic N) is 2. The molecule has 0 saturated heterocycles. The van der Waals surface area contributed by atoms with Crippen LogP contribution in [0.1, 0.15) is 52.1 Å². The Morgan fingerprint density at radius 2 is 2.03 bits per heavy atom. The molecular weight excluding hydrogens is 416 g/mol. The Morgan fingerprint density at radius 1 is 1.23 bits per heavy atom. The van der Waals surface area contributed by atoms with E-state index in [2.05, 4.69) is 11.9 Å². The molecule has 0 amide bonds. The second kappa shape index (κ2) is 10.1. The summed E-state index contributed by atoms with van der Waals surface area (Å²) in [5.41, 5.74) is 1.45. The van der Waals surface area contributed by atoms with Crippen molar-refractivity contribution < 1.29 is 24.9 Å². The van der Waals surface area contributed by atoms with E-state index in [4.69, 9.17) is 5.11 Å². The summed E-state index contributed by atoms with van der Waals surface area (Å²) in [6.45, 7) is 2.42. The first-order chi connectivity index (χ1) is 14.9. The second-order valence-electron chi connectivity index (χ2n) is 7.18. The number of aromatic nitrogens is 2. The number of carboxylic acids is 2. The lowest BCUT2D eigenvalue weighted by atomic mass is 10.1. The minimum atomic E-state index is -1.20. The van der Waals surface area contributed by atoms with Gasteiger partial charge in [-0.25, -0.2) is 14.6 Å². The van der Waals surface area contributed by atoms with Crippen molar-refractivity contribution in [3.8, 4) is 5.75 Å². The molecule has 0 saturated carbocycles. The largest absolute Gasteiger partial charge is 0.507 e. The molecule has 0 radical (unpaired) electrons. The maximum absolute atomic E-state index is 11.8. The van der Waals surface area contributed by atoms with Crippen molar-refractivity contribution in [2.45, 2.75) is 39.2 Å². The Morgan fingerprint density at radius 3 is 2.65 bits per heavy atom. The third kappa shape index (κ3) is 5.61. The molecule has 3 rings (SSSR count). The number of imidazole rings is 1. The second-order valence-corrected chi connectivity index (χ2v) is 8.21. The van der Waals surface area contributed by atoms with E-state index in [1.54, 1.807) is 18.3 Å². The summed E-state index contributed by atoms with van der Waals surface area (Å²) in [5, 5.41) is 30.8. The Kier molecular flexibility index (Phi) is 7.25. The lowest BCUT2D eigenvalue weighted by Crippen LogP contribution is -2.09. The van der Waals surface area contributed by atoms with Gasteiger partial charge in [0, 0.05) is 29.8 Å². The molecule has 0 fully saturated rings. The molecule has 1 aromatic carbocycles. The molecule has 7 nitrogen and oxygen atoms in total. The molecule has 3 aromatic rings. The lowest BCUT2D eigenvalue weighted by molar-refractivity contribution is -0.132. The zero-order valence-corrected chi connectivity index (χ0v) is 17.9. The van der Waals surface area contributed by atoms with Crippen molar-refractivity contribution in [1.82, 2.24) is 9.55 Å². The number of hydrogen-bond acceptors (Lipinski definition) is 5. The first-order valence-electron chi connectivity index (χ1n) is 9.94. The molecule has 8 heteroatoms. The number of benzene rings is 1. The number of phenols is 1. The van der Waals surface area contributed by atoms with Gasteiger partial charge < -0.3 is 19.9 Å². The Balaban J connectivity index is 1.97. The number of aromatic carboxylic acids is 1. The SMILES string of the molecule is CCCCc1ncc(C=C(Cc2cccs2)C(=O)O)n1Cc1ccc(C(=O)O)c(O)c1. The predicted molar refractivity (Wildman–Crippen MR) is 119 cm³/mol. The fourth-order valence-corrected chi connectivity index (χ4v) is 4.00. The van der Waals surface area contributed by atoms with Gasteiger partial charge >= 0.3 is 11.9 Å². The molecule has 0 spiro atoms. The highest BCUT2D eigenvalue weighted by Crippen LogP contribution is 2.23. The van der Waals surface area contributed by atoms with Crippen LogP contribution in [-0.2, 0) is 24.2 Å². The van der Waals surface area contributed by atoms with Gasteiger partial charge in [0.2, 0.25) is 0 Å². The van der Waals surface area contributed by atoms with E-state index in [0.717, 1.165) is 30.0 Å². The zero-order valence-electron chi connectivity index (χ0n) is 17.1. The molecule has 31 heavy (non-hydrogen) atoms. The van der Waals surface area contributed by atoms with Crippen LogP contribution in [0.25, 0.3) is 6.08 Å². The van der Waals surface area contributed by atoms with E-state index in [-0.39, 0.29) is 16.9 Å². The molecule has 2 heterocycles. The zero-order chi connectivity index (χ0) is 22.4. The first-order valence-corrected chi connectivity index (χ1v) is 10.8. The fourth-order valence-electron chi connectivity index (χ4n) is 3.27. The molecule has 0 aliphatic rings. The van der Waals surface area contributed by atoms with E-state index in [1.165, 1.54) is 23.5 Å². The van der Waals surface area contributed by atoms with Crippen molar-refractivity contribution >= 4 is 29.4 Å². The molecule has 0 aliphatic carbocycles. The van der Waals surface area contributed by atoms with Crippen molar-refractivity contribution in [2.75, 3.05) is 0 Å². The van der Waals surface area contributed by atoms with Gasteiger partial charge in [0.25, 0.3) is 0 Å². The number of rotatable bonds is 10. The van der Waals surface area contributed by atoms with Crippen molar-refractivity contribution in [2.24, 2.45) is 0 Å². The molecule has 2 aromatic heterocycles. The average molecular weight is 441 g/mol. The monoisotopic (exact) mass is 440 g/mol. The van der Waals surface area contributed by atoms with Crippen LogP contribution in [0.15, 0.2) is 47.5 Å². The summed E-state index contributed by atoms with van der Waals surface area (Å²) in [7, 11) is 0. The van der Waals surface area contributed by atoms with Crippen LogP contribution in [0.2, 0.25) is 0 Å². The first kappa shape index (κ1) is 22.3. The molecular formula is C23H24N2O5S. The van der Waals surface area contributed by atoms with Gasteiger partial charge in [0.05, 0.1) is 11.9 Å². The Bertz CT molecular complexity index is 1100. The predicted octanol–water partition coefficient (Wildman–Crippen LogP) is 4.45. The van der Waals surface area contributed by atoms with Crippen molar-refractivity contribution in [3.05, 3.63) is 75.0 Å². The average Bonchev–Trinajstić information content (AvgIpc) is 3.36. The molecule has 162 valence electrons. The number of hydrogen-bond donors (Lipinski definition) is 3. The van der Waals surface area contributed by atoms with E-state index >= 15 is 0 Å². The Labute approximate surface area is 183 Å². The lowest BCUT2D eigenvalue weighted by Gasteiger charge is -2.12. The minimum absolute atomic E-state index is 0.162. The highest BCUT2D eigenvalue weighted by atomic mass is 32.1. The molecule has 0 bridgehead atoms. The summed E-state index contributed by atoms with van der Waals surface area (Å²) >= 11 is 1.51. The molecule has 0 atom stereocenters. The van der Waals surface area contributed by atoms with Crippen molar-refractivity contribution in [3.63, 3.8) is 0 Å². The number of carbonyl (C=O) groups is 2. The van der Waals surface area contributed by atoms with E-state index in [0.29, 0.717) is 24.2 Å². The summed E-state index contributed by atoms with van der Waals surface area (Å²) in [6, 6.07) is 8.22. The normalized spacial score (nSPS) is 11.6. The van der Waals surface area contributed by atoms with Gasteiger partial charge in [-0.3, -0.25) is 0 Å². The highest BCUT2D eigenvalue weighted by molar-refractivity contribution is 7.09. The summed E-state index contributed by atoms with van der Waals surface area (Å²) in [6.07, 6.45) is 6.27. The van der Waals surface area contributed by atoms with Gasteiger partial charge in [-0.05, 0) is 41.6 Å². The van der Waals surface area contributed by atoms with E-state index < -0.39 is 11.9 Å². The fraction of sp³-hybridized carbons (Fsp3) is 0.261. The van der Waals surface area contributed by atoms with Gasteiger partial charge in [-0.1, -0.05) is 25.5 Å². The number of aryl methyl sites for hydroxylation is 1. The Hall–Kier alpha value is -3.39. The van der Waals surface area contributed by atoms with E-state index in [9.17, 15) is 19.8 Å². The quantitative estimate of drug-likeness (QED) is 0.402. The summed E-state index contributed by atoms with van der Waals surface area (Å²) < 4.78 is 1.92. The van der Waals surface area contributed by atoms with Crippen LogP contribution in [0.5, 0.6) is 5.75 Å². The van der Waals surface area contributed by atoms with Crippen LogP contribution < -0.4 is 0 Å².